The standard InChI is InChI=1S/C12H7Cl2F2NO/c13-5-7-4-8(14)12(17-6-7)18-10-3-1-2-9(15)11(10)16/h1-4,6H,5H2. The molecular weight excluding hydrogens is 283 g/mol. The summed E-state index contributed by atoms with van der Waals surface area (Å²) in [7, 11) is 0. The molecule has 2 rings (SSSR count). The van der Waals surface area contributed by atoms with Crippen LogP contribution in [0.4, 0.5) is 8.78 Å². The molecule has 0 N–H and O–H groups in total. The highest BCUT2D eigenvalue weighted by Crippen LogP contribution is 2.30. The maximum Gasteiger partial charge on any atom is 0.238 e. The van der Waals surface area contributed by atoms with Crippen molar-refractivity contribution < 1.29 is 13.5 Å². The van der Waals surface area contributed by atoms with Gasteiger partial charge in [0.05, 0.1) is 0 Å². The molecule has 0 bridgehead atoms. The van der Waals surface area contributed by atoms with Gasteiger partial charge in [-0.1, -0.05) is 17.7 Å². The fraction of sp³-hybridized carbons (Fsp3) is 0.0833. The molecule has 0 saturated heterocycles. The van der Waals surface area contributed by atoms with Gasteiger partial charge in [-0.2, -0.15) is 4.39 Å². The Morgan fingerprint density at radius 3 is 2.72 bits per heavy atom. The van der Waals surface area contributed by atoms with E-state index in [-0.39, 0.29) is 22.5 Å². The van der Waals surface area contributed by atoms with Gasteiger partial charge in [0.2, 0.25) is 11.7 Å². The number of alkyl halides is 1. The summed E-state index contributed by atoms with van der Waals surface area (Å²) in [5.74, 6) is -2.11. The highest BCUT2D eigenvalue weighted by Gasteiger charge is 2.12. The molecular formula is C12H7Cl2F2NO. The van der Waals surface area contributed by atoms with E-state index in [1.807, 2.05) is 0 Å². The van der Waals surface area contributed by atoms with E-state index >= 15 is 0 Å². The van der Waals surface area contributed by atoms with Crippen molar-refractivity contribution in [3.8, 4) is 11.6 Å². The van der Waals surface area contributed by atoms with Crippen LogP contribution in [0.2, 0.25) is 5.02 Å². The van der Waals surface area contributed by atoms with Crippen molar-refractivity contribution in [2.24, 2.45) is 0 Å². The molecule has 0 radical (unpaired) electrons. The van der Waals surface area contributed by atoms with Gasteiger partial charge in [-0.05, 0) is 23.8 Å². The van der Waals surface area contributed by atoms with E-state index in [0.29, 0.717) is 5.56 Å². The maximum absolute atomic E-state index is 13.4. The lowest BCUT2D eigenvalue weighted by molar-refractivity contribution is 0.405. The van der Waals surface area contributed by atoms with Crippen LogP contribution < -0.4 is 4.74 Å². The number of halogens is 4. The van der Waals surface area contributed by atoms with Gasteiger partial charge in [0.1, 0.15) is 5.02 Å². The molecule has 0 atom stereocenters. The lowest BCUT2D eigenvalue weighted by Gasteiger charge is -2.08. The van der Waals surface area contributed by atoms with E-state index in [0.717, 1.165) is 6.07 Å². The number of rotatable bonds is 3. The zero-order chi connectivity index (χ0) is 13.1. The van der Waals surface area contributed by atoms with E-state index < -0.39 is 11.6 Å². The number of hydrogen-bond acceptors (Lipinski definition) is 2. The first kappa shape index (κ1) is 13.1. The predicted octanol–water partition coefficient (Wildman–Crippen LogP) is 4.54. The SMILES string of the molecule is Fc1cccc(Oc2ncc(CCl)cc2Cl)c1F. The van der Waals surface area contributed by atoms with Gasteiger partial charge in [-0.25, -0.2) is 9.37 Å². The normalized spacial score (nSPS) is 10.4. The molecule has 2 nitrogen and oxygen atoms in total. The molecule has 18 heavy (non-hydrogen) atoms. The van der Waals surface area contributed by atoms with Gasteiger partial charge in [0.15, 0.2) is 11.6 Å². The summed E-state index contributed by atoms with van der Waals surface area (Å²) in [4.78, 5) is 3.89. The molecule has 94 valence electrons. The maximum atomic E-state index is 13.4. The van der Waals surface area contributed by atoms with E-state index in [9.17, 15) is 8.78 Å². The summed E-state index contributed by atoms with van der Waals surface area (Å²) in [6.07, 6.45) is 1.45. The largest absolute Gasteiger partial charge is 0.434 e. The van der Waals surface area contributed by atoms with Crippen molar-refractivity contribution in [3.05, 3.63) is 52.7 Å². The summed E-state index contributed by atoms with van der Waals surface area (Å²) < 4.78 is 31.5. The second kappa shape index (κ2) is 5.50. The molecule has 1 aromatic heterocycles. The Kier molecular flexibility index (Phi) is 3.99. The minimum absolute atomic E-state index is 0.00460. The second-order valence-corrected chi connectivity index (χ2v) is 4.09. The van der Waals surface area contributed by atoms with E-state index in [4.69, 9.17) is 27.9 Å². The third kappa shape index (κ3) is 2.71. The Labute approximate surface area is 112 Å². The Bertz CT molecular complexity index is 578. The van der Waals surface area contributed by atoms with Crippen LogP contribution >= 0.6 is 23.2 Å². The van der Waals surface area contributed by atoms with Crippen molar-refractivity contribution in [2.75, 3.05) is 0 Å². The van der Waals surface area contributed by atoms with Gasteiger partial charge in [-0.3, -0.25) is 0 Å². The highest BCUT2D eigenvalue weighted by molar-refractivity contribution is 6.32. The van der Waals surface area contributed by atoms with E-state index in [1.165, 1.54) is 18.3 Å². The smallest absolute Gasteiger partial charge is 0.238 e. The molecule has 2 aromatic rings. The number of aromatic nitrogens is 1. The molecule has 0 amide bonds. The second-order valence-electron chi connectivity index (χ2n) is 3.42. The average Bonchev–Trinajstić information content (AvgIpc) is 2.37. The summed E-state index contributed by atoms with van der Waals surface area (Å²) in [6, 6.07) is 5.16. The van der Waals surface area contributed by atoms with E-state index in [1.54, 1.807) is 6.07 Å². The average molecular weight is 290 g/mol. The van der Waals surface area contributed by atoms with Crippen LogP contribution in [0.1, 0.15) is 5.56 Å². The lowest BCUT2D eigenvalue weighted by atomic mass is 10.3. The highest BCUT2D eigenvalue weighted by atomic mass is 35.5. The van der Waals surface area contributed by atoms with Gasteiger partial charge in [0, 0.05) is 12.1 Å². The molecule has 0 aliphatic carbocycles. The lowest BCUT2D eigenvalue weighted by Crippen LogP contribution is -1.94. The van der Waals surface area contributed by atoms with Gasteiger partial charge in [-0.15, -0.1) is 11.6 Å². The molecule has 0 aliphatic heterocycles. The van der Waals surface area contributed by atoms with Gasteiger partial charge in [0.25, 0.3) is 0 Å². The molecule has 0 saturated carbocycles. The number of hydrogen-bond donors (Lipinski definition) is 0. The fourth-order valence-corrected chi connectivity index (χ4v) is 1.65. The first-order chi connectivity index (χ1) is 8.61. The molecule has 6 heteroatoms. The first-order valence-electron chi connectivity index (χ1n) is 4.94. The minimum Gasteiger partial charge on any atom is -0.434 e. The third-order valence-electron chi connectivity index (χ3n) is 2.14. The fourth-order valence-electron chi connectivity index (χ4n) is 1.28. The molecule has 0 aliphatic rings. The zero-order valence-electron chi connectivity index (χ0n) is 8.96. The zero-order valence-corrected chi connectivity index (χ0v) is 10.5. The van der Waals surface area contributed by atoms with Crippen molar-refractivity contribution in [1.82, 2.24) is 4.98 Å². The molecule has 0 fully saturated rings. The van der Waals surface area contributed by atoms with Crippen LogP contribution in [0.3, 0.4) is 0 Å². The van der Waals surface area contributed by atoms with Crippen molar-refractivity contribution in [2.45, 2.75) is 5.88 Å². The predicted molar refractivity (Wildman–Crippen MR) is 65.2 cm³/mol. The van der Waals surface area contributed by atoms with Crippen LogP contribution in [-0.4, -0.2) is 4.98 Å². The third-order valence-corrected chi connectivity index (χ3v) is 2.72. The Balaban J connectivity index is 2.31. The van der Waals surface area contributed by atoms with Crippen molar-refractivity contribution >= 4 is 23.2 Å². The minimum atomic E-state index is -1.09. The Hall–Kier alpha value is -1.39. The first-order valence-corrected chi connectivity index (χ1v) is 5.85. The number of benzene rings is 1. The summed E-state index contributed by atoms with van der Waals surface area (Å²) in [5.41, 5.74) is 0.703. The topological polar surface area (TPSA) is 22.1 Å². The molecule has 1 aromatic carbocycles. The van der Waals surface area contributed by atoms with Crippen LogP contribution in [-0.2, 0) is 5.88 Å². The van der Waals surface area contributed by atoms with E-state index in [2.05, 4.69) is 4.98 Å². The van der Waals surface area contributed by atoms with Gasteiger partial charge < -0.3 is 4.74 Å². The molecule has 0 spiro atoms. The summed E-state index contributed by atoms with van der Waals surface area (Å²) >= 11 is 11.5. The molecule has 0 unspecified atom stereocenters. The molecule has 1 heterocycles. The number of ether oxygens (including phenoxy) is 1. The Morgan fingerprint density at radius 2 is 2.06 bits per heavy atom. The Morgan fingerprint density at radius 1 is 1.28 bits per heavy atom. The van der Waals surface area contributed by atoms with Crippen molar-refractivity contribution in [1.29, 1.82) is 0 Å². The van der Waals surface area contributed by atoms with Crippen LogP contribution in [0.25, 0.3) is 0 Å². The van der Waals surface area contributed by atoms with Crippen molar-refractivity contribution in [3.63, 3.8) is 0 Å². The summed E-state index contributed by atoms with van der Waals surface area (Å²) in [6.45, 7) is 0. The van der Waals surface area contributed by atoms with Crippen LogP contribution in [0.15, 0.2) is 30.5 Å². The number of pyridine rings is 1. The van der Waals surface area contributed by atoms with Crippen LogP contribution in [0.5, 0.6) is 11.6 Å². The monoisotopic (exact) mass is 289 g/mol. The quantitative estimate of drug-likeness (QED) is 0.774. The number of nitrogens with zero attached hydrogens (tertiary/aromatic N) is 1. The summed E-state index contributed by atoms with van der Waals surface area (Å²) in [5, 5.41) is 0.178. The van der Waals surface area contributed by atoms with Crippen LogP contribution in [0, 0.1) is 11.6 Å². The van der Waals surface area contributed by atoms with Gasteiger partial charge >= 0.3 is 0 Å².